The third kappa shape index (κ3) is 5.82. The molecule has 284 valence electrons. The highest BCUT2D eigenvalue weighted by atomic mass is 15.0. The predicted octanol–water partition coefficient (Wildman–Crippen LogP) is 15.4. The number of para-hydroxylation sites is 2. The Morgan fingerprint density at radius 3 is 1.77 bits per heavy atom. The molecule has 0 aliphatic carbocycles. The molecule has 61 heavy (non-hydrogen) atoms. The van der Waals surface area contributed by atoms with Crippen molar-refractivity contribution in [2.24, 2.45) is 0 Å². The van der Waals surface area contributed by atoms with Crippen molar-refractivity contribution in [3.63, 3.8) is 0 Å². The molecular weight excluding hydrogens is 739 g/mol. The van der Waals surface area contributed by atoms with Crippen LogP contribution in [0.3, 0.4) is 0 Å². The molecule has 0 atom stereocenters. The number of hydrogen-bond acceptors (Lipinski definition) is 2. The van der Waals surface area contributed by atoms with E-state index in [1.165, 1.54) is 65.3 Å². The van der Waals surface area contributed by atoms with Gasteiger partial charge in [0.05, 0.1) is 22.4 Å². The Bertz CT molecular complexity index is 3640. The molecule has 2 heterocycles. The highest BCUT2D eigenvalue weighted by Crippen LogP contribution is 2.44. The van der Waals surface area contributed by atoms with Crippen LogP contribution in [0.4, 0.5) is 0 Å². The summed E-state index contributed by atoms with van der Waals surface area (Å²) < 4.78 is 2.37. The molecule has 0 unspecified atom stereocenters. The Morgan fingerprint density at radius 2 is 0.918 bits per heavy atom. The fourth-order valence-electron chi connectivity index (χ4n) is 9.45. The Hall–Kier alpha value is -8.14. The monoisotopic (exact) mass is 775 g/mol. The van der Waals surface area contributed by atoms with Gasteiger partial charge in [-0.05, 0) is 97.0 Å². The maximum Gasteiger partial charge on any atom is 0.160 e. The molecule has 0 aliphatic rings. The van der Waals surface area contributed by atoms with Gasteiger partial charge in [0.25, 0.3) is 0 Å². The average molecular weight is 776 g/mol. The number of nitrogens with zero attached hydrogens (tertiary/aromatic N) is 3. The second-order valence-corrected chi connectivity index (χ2v) is 15.7. The normalized spacial score (nSPS) is 11.6. The van der Waals surface area contributed by atoms with Gasteiger partial charge in [0.1, 0.15) is 0 Å². The quantitative estimate of drug-likeness (QED) is 0.124. The van der Waals surface area contributed by atoms with Crippen molar-refractivity contribution in [1.82, 2.24) is 14.5 Å². The van der Waals surface area contributed by atoms with Crippen LogP contribution in [0, 0.1) is 0 Å². The smallest absolute Gasteiger partial charge is 0.160 e. The van der Waals surface area contributed by atoms with Crippen LogP contribution in [0.15, 0.2) is 224 Å². The summed E-state index contributed by atoms with van der Waals surface area (Å²) in [5.74, 6) is 0.690. The summed E-state index contributed by atoms with van der Waals surface area (Å²) in [5, 5.41) is 9.83. The summed E-state index contributed by atoms with van der Waals surface area (Å²) in [5.41, 5.74) is 13.0. The Balaban J connectivity index is 1.07. The molecule has 2 aromatic heterocycles. The molecule has 0 fully saturated rings. The first-order valence-corrected chi connectivity index (χ1v) is 20.8. The van der Waals surface area contributed by atoms with Crippen LogP contribution < -0.4 is 0 Å². The van der Waals surface area contributed by atoms with E-state index < -0.39 is 0 Å². The van der Waals surface area contributed by atoms with E-state index in [1.54, 1.807) is 0 Å². The van der Waals surface area contributed by atoms with E-state index in [0.717, 1.165) is 44.9 Å². The van der Waals surface area contributed by atoms with E-state index in [1.807, 2.05) is 6.07 Å². The summed E-state index contributed by atoms with van der Waals surface area (Å²) in [7, 11) is 0. The Morgan fingerprint density at radius 1 is 0.311 bits per heavy atom. The molecule has 3 nitrogen and oxygen atoms in total. The van der Waals surface area contributed by atoms with Crippen molar-refractivity contribution in [1.29, 1.82) is 0 Å². The Kier molecular flexibility index (Phi) is 8.17. The number of fused-ring (bicyclic) bond motifs is 7. The lowest BCUT2D eigenvalue weighted by Gasteiger charge is -2.17. The fourth-order valence-corrected chi connectivity index (χ4v) is 9.45. The minimum absolute atomic E-state index is 0.690. The molecule has 0 amide bonds. The van der Waals surface area contributed by atoms with Gasteiger partial charge in [-0.25, -0.2) is 9.97 Å². The van der Waals surface area contributed by atoms with Crippen LogP contribution in [-0.2, 0) is 0 Å². The van der Waals surface area contributed by atoms with Crippen LogP contribution in [0.25, 0.3) is 116 Å². The van der Waals surface area contributed by atoms with Crippen molar-refractivity contribution < 1.29 is 0 Å². The number of hydrogen-bond donors (Lipinski definition) is 0. The largest absolute Gasteiger partial charge is 0.309 e. The minimum Gasteiger partial charge on any atom is -0.309 e. The third-order valence-electron chi connectivity index (χ3n) is 12.2. The second-order valence-electron chi connectivity index (χ2n) is 15.7. The summed E-state index contributed by atoms with van der Waals surface area (Å²) in [4.78, 5) is 10.7. The molecule has 0 spiro atoms. The zero-order valence-electron chi connectivity index (χ0n) is 33.2. The van der Waals surface area contributed by atoms with Gasteiger partial charge in [-0.1, -0.05) is 182 Å². The lowest BCUT2D eigenvalue weighted by atomic mass is 9.87. The lowest BCUT2D eigenvalue weighted by molar-refractivity contribution is 1.18. The summed E-state index contributed by atoms with van der Waals surface area (Å²) >= 11 is 0. The minimum atomic E-state index is 0.690. The first-order valence-electron chi connectivity index (χ1n) is 20.8. The molecule has 0 bridgehead atoms. The van der Waals surface area contributed by atoms with Crippen molar-refractivity contribution in [3.05, 3.63) is 224 Å². The number of benzene rings is 10. The van der Waals surface area contributed by atoms with E-state index in [-0.39, 0.29) is 0 Å². The third-order valence-corrected chi connectivity index (χ3v) is 12.2. The summed E-state index contributed by atoms with van der Waals surface area (Å²) in [6, 6.07) is 80.4. The van der Waals surface area contributed by atoms with Gasteiger partial charge in [0.15, 0.2) is 5.82 Å². The molecule has 3 heteroatoms. The SMILES string of the molecule is c1ccc(-c2nc(-c3cccc(-c4cccc5c4c4ccccc4n5-c4ccccc4)c3)cc(-c3ccccc3-c3c4ccccc4cc4c3ccc3ccccc34)n2)cc1. The highest BCUT2D eigenvalue weighted by Gasteiger charge is 2.20. The van der Waals surface area contributed by atoms with Crippen molar-refractivity contribution in [2.75, 3.05) is 0 Å². The fraction of sp³-hybridized carbons (Fsp3) is 0. The van der Waals surface area contributed by atoms with Gasteiger partial charge < -0.3 is 4.57 Å². The molecule has 0 aliphatic heterocycles. The zero-order chi connectivity index (χ0) is 40.3. The van der Waals surface area contributed by atoms with Gasteiger partial charge in [-0.2, -0.15) is 0 Å². The van der Waals surface area contributed by atoms with Gasteiger partial charge in [0.2, 0.25) is 0 Å². The van der Waals surface area contributed by atoms with Crippen LogP contribution in [0.2, 0.25) is 0 Å². The van der Waals surface area contributed by atoms with Crippen molar-refractivity contribution in [2.45, 2.75) is 0 Å². The topological polar surface area (TPSA) is 30.7 Å². The van der Waals surface area contributed by atoms with Gasteiger partial charge >= 0.3 is 0 Å². The lowest BCUT2D eigenvalue weighted by Crippen LogP contribution is -1.97. The zero-order valence-corrected chi connectivity index (χ0v) is 33.2. The molecule has 0 saturated heterocycles. The molecular formula is C58H37N3. The highest BCUT2D eigenvalue weighted by molar-refractivity contribution is 6.21. The van der Waals surface area contributed by atoms with E-state index >= 15 is 0 Å². The predicted molar refractivity (Wildman–Crippen MR) is 256 cm³/mol. The first kappa shape index (κ1) is 34.9. The van der Waals surface area contributed by atoms with Gasteiger partial charge in [-0.3, -0.25) is 0 Å². The standard InChI is InChI=1S/C58H37N3/c1-3-18-39(19-4-1)58-59-52(42-22-15-21-40(35-42)46-30-16-32-55-57(46)50-29-13-14-31-54(50)61(55)43-23-5-2-6-24-43)37-53(60-58)47-27-11-12-28-48(47)56-45-26-10-8-20-41(45)36-51-44-25-9-7-17-38(44)33-34-49(51)56/h1-37H. The Labute approximate surface area is 353 Å². The summed E-state index contributed by atoms with van der Waals surface area (Å²) in [6.07, 6.45) is 0. The average Bonchev–Trinajstić information content (AvgIpc) is 3.68. The number of aromatic nitrogens is 3. The van der Waals surface area contributed by atoms with Gasteiger partial charge in [-0.15, -0.1) is 0 Å². The number of rotatable bonds is 6. The van der Waals surface area contributed by atoms with E-state index in [0.29, 0.717) is 5.82 Å². The van der Waals surface area contributed by atoms with E-state index in [9.17, 15) is 0 Å². The van der Waals surface area contributed by atoms with Crippen LogP contribution in [0.5, 0.6) is 0 Å². The molecule has 0 radical (unpaired) electrons. The second kappa shape index (κ2) is 14.3. The van der Waals surface area contributed by atoms with Gasteiger partial charge in [0, 0.05) is 33.2 Å². The maximum absolute atomic E-state index is 5.37. The molecule has 0 saturated carbocycles. The van der Waals surface area contributed by atoms with Crippen LogP contribution >= 0.6 is 0 Å². The van der Waals surface area contributed by atoms with Crippen LogP contribution in [0.1, 0.15) is 0 Å². The molecule has 10 aromatic carbocycles. The summed E-state index contributed by atoms with van der Waals surface area (Å²) in [6.45, 7) is 0. The van der Waals surface area contributed by atoms with Crippen molar-refractivity contribution >= 4 is 54.1 Å². The molecule has 12 rings (SSSR count). The first-order chi connectivity index (χ1) is 30.3. The van der Waals surface area contributed by atoms with E-state index in [4.69, 9.17) is 9.97 Å². The van der Waals surface area contributed by atoms with E-state index in [2.05, 4.69) is 223 Å². The molecule has 12 aromatic rings. The molecule has 0 N–H and O–H groups in total. The van der Waals surface area contributed by atoms with Crippen molar-refractivity contribution in [3.8, 4) is 61.8 Å². The maximum atomic E-state index is 5.37. The van der Waals surface area contributed by atoms with Crippen LogP contribution in [-0.4, -0.2) is 14.5 Å².